The van der Waals surface area contributed by atoms with Gasteiger partial charge in [0.1, 0.15) is 11.9 Å². The van der Waals surface area contributed by atoms with Crippen LogP contribution in [0.1, 0.15) is 22.8 Å². The Morgan fingerprint density at radius 2 is 1.83 bits per heavy atom. The fraction of sp³-hybridized carbons (Fsp3) is 0.143. The van der Waals surface area contributed by atoms with E-state index in [1.165, 1.54) is 18.2 Å². The Balaban J connectivity index is 2.34. The quantitative estimate of drug-likeness (QED) is 0.896. The van der Waals surface area contributed by atoms with Gasteiger partial charge in [-0.15, -0.1) is 0 Å². The second-order valence-electron chi connectivity index (χ2n) is 4.01. The molecule has 0 fully saturated rings. The van der Waals surface area contributed by atoms with Gasteiger partial charge in [0.05, 0.1) is 0 Å². The van der Waals surface area contributed by atoms with E-state index in [0.29, 0.717) is 17.1 Å². The topological polar surface area (TPSA) is 46.2 Å². The lowest BCUT2D eigenvalue weighted by Gasteiger charge is -2.13. The number of halogens is 2. The summed E-state index contributed by atoms with van der Waals surface area (Å²) in [5.74, 6) is -0.477. The van der Waals surface area contributed by atoms with E-state index in [2.05, 4.69) is 0 Å². The van der Waals surface area contributed by atoms with Gasteiger partial charge in [0.2, 0.25) is 0 Å². The minimum Gasteiger partial charge on any atom is -0.384 e. The van der Waals surface area contributed by atoms with Gasteiger partial charge >= 0.3 is 0 Å². The van der Waals surface area contributed by atoms with Crippen molar-refractivity contribution in [3.8, 4) is 0 Å². The van der Waals surface area contributed by atoms with Crippen LogP contribution in [0.4, 0.5) is 4.39 Å². The zero-order valence-electron chi connectivity index (χ0n) is 9.61. The summed E-state index contributed by atoms with van der Waals surface area (Å²) in [5.41, 5.74) is 7.22. The standard InChI is InChI=1S/C14H13ClFNO/c15-11-5-6-13(16)12(7-11)14(18)10-3-1-9(8-17)2-4-10/h1-7,14,18H,8,17H2. The van der Waals surface area contributed by atoms with Crippen LogP contribution in [0, 0.1) is 5.82 Å². The minimum absolute atomic E-state index is 0.169. The van der Waals surface area contributed by atoms with E-state index in [-0.39, 0.29) is 5.56 Å². The molecule has 0 bridgehead atoms. The first-order valence-electron chi connectivity index (χ1n) is 5.53. The van der Waals surface area contributed by atoms with Gasteiger partial charge in [-0.2, -0.15) is 0 Å². The Morgan fingerprint density at radius 3 is 2.44 bits per heavy atom. The number of nitrogens with two attached hydrogens (primary N) is 1. The zero-order chi connectivity index (χ0) is 13.1. The Morgan fingerprint density at radius 1 is 1.17 bits per heavy atom. The highest BCUT2D eigenvalue weighted by atomic mass is 35.5. The molecule has 3 N–H and O–H groups in total. The lowest BCUT2D eigenvalue weighted by Crippen LogP contribution is -2.03. The molecule has 0 aliphatic heterocycles. The molecule has 0 radical (unpaired) electrons. The van der Waals surface area contributed by atoms with Crippen molar-refractivity contribution in [1.29, 1.82) is 0 Å². The third-order valence-electron chi connectivity index (χ3n) is 2.78. The molecule has 0 amide bonds. The van der Waals surface area contributed by atoms with E-state index < -0.39 is 11.9 Å². The average molecular weight is 266 g/mol. The van der Waals surface area contributed by atoms with Crippen LogP contribution in [-0.4, -0.2) is 5.11 Å². The first-order chi connectivity index (χ1) is 8.61. The highest BCUT2D eigenvalue weighted by molar-refractivity contribution is 6.30. The Kier molecular flexibility index (Phi) is 3.97. The molecule has 4 heteroatoms. The molecule has 0 saturated heterocycles. The van der Waals surface area contributed by atoms with Crippen molar-refractivity contribution in [2.75, 3.05) is 0 Å². The van der Waals surface area contributed by atoms with Crippen LogP contribution < -0.4 is 5.73 Å². The smallest absolute Gasteiger partial charge is 0.129 e. The van der Waals surface area contributed by atoms with Crippen molar-refractivity contribution in [3.05, 3.63) is 70.0 Å². The molecule has 1 atom stereocenters. The molecule has 0 heterocycles. The summed E-state index contributed by atoms with van der Waals surface area (Å²) in [5, 5.41) is 10.5. The molecule has 94 valence electrons. The molecule has 2 nitrogen and oxygen atoms in total. The fourth-order valence-electron chi connectivity index (χ4n) is 1.74. The molecular weight excluding hydrogens is 253 g/mol. The van der Waals surface area contributed by atoms with E-state index in [1.54, 1.807) is 24.3 Å². The second kappa shape index (κ2) is 5.48. The van der Waals surface area contributed by atoms with Gasteiger partial charge in [-0.05, 0) is 29.3 Å². The summed E-state index contributed by atoms with van der Waals surface area (Å²) in [6, 6.07) is 11.2. The predicted molar refractivity (Wildman–Crippen MR) is 69.8 cm³/mol. The normalized spacial score (nSPS) is 12.4. The first kappa shape index (κ1) is 13.0. The van der Waals surface area contributed by atoms with E-state index in [1.807, 2.05) is 0 Å². The largest absolute Gasteiger partial charge is 0.384 e. The van der Waals surface area contributed by atoms with Crippen LogP contribution in [0.5, 0.6) is 0 Å². The SMILES string of the molecule is NCc1ccc(C(O)c2cc(Cl)ccc2F)cc1. The number of rotatable bonds is 3. The van der Waals surface area contributed by atoms with Crippen molar-refractivity contribution in [3.63, 3.8) is 0 Å². The van der Waals surface area contributed by atoms with Crippen LogP contribution in [0.3, 0.4) is 0 Å². The predicted octanol–water partition coefficient (Wildman–Crippen LogP) is 3.02. The van der Waals surface area contributed by atoms with Crippen molar-refractivity contribution in [2.24, 2.45) is 5.73 Å². The fourth-order valence-corrected chi connectivity index (χ4v) is 1.92. The number of aliphatic hydroxyl groups excluding tert-OH is 1. The maximum absolute atomic E-state index is 13.6. The second-order valence-corrected chi connectivity index (χ2v) is 4.45. The molecule has 0 saturated carbocycles. The van der Waals surface area contributed by atoms with Crippen LogP contribution in [0.25, 0.3) is 0 Å². The summed E-state index contributed by atoms with van der Waals surface area (Å²) < 4.78 is 13.6. The summed E-state index contributed by atoms with van der Waals surface area (Å²) in [6.45, 7) is 0.432. The Labute approximate surface area is 110 Å². The summed E-state index contributed by atoms with van der Waals surface area (Å²) in [6.07, 6.45) is -1.03. The average Bonchev–Trinajstić information content (AvgIpc) is 2.41. The molecule has 18 heavy (non-hydrogen) atoms. The van der Waals surface area contributed by atoms with Crippen LogP contribution in [0.2, 0.25) is 5.02 Å². The molecular formula is C14H13ClFNO. The van der Waals surface area contributed by atoms with E-state index in [9.17, 15) is 9.50 Å². The maximum Gasteiger partial charge on any atom is 0.129 e. The van der Waals surface area contributed by atoms with Gasteiger partial charge in [-0.3, -0.25) is 0 Å². The van der Waals surface area contributed by atoms with Gasteiger partial charge < -0.3 is 10.8 Å². The minimum atomic E-state index is -1.03. The van der Waals surface area contributed by atoms with Crippen molar-refractivity contribution in [1.82, 2.24) is 0 Å². The molecule has 1 unspecified atom stereocenters. The number of hydrogen-bond acceptors (Lipinski definition) is 2. The van der Waals surface area contributed by atoms with Crippen LogP contribution in [0.15, 0.2) is 42.5 Å². The van der Waals surface area contributed by atoms with Crippen molar-refractivity contribution in [2.45, 2.75) is 12.6 Å². The highest BCUT2D eigenvalue weighted by Gasteiger charge is 2.15. The molecule has 2 aromatic carbocycles. The van der Waals surface area contributed by atoms with Crippen LogP contribution >= 0.6 is 11.6 Å². The van der Waals surface area contributed by atoms with Gasteiger partial charge in [0, 0.05) is 17.1 Å². The number of aliphatic hydroxyl groups is 1. The first-order valence-corrected chi connectivity index (χ1v) is 5.91. The molecule has 0 spiro atoms. The summed E-state index contributed by atoms with van der Waals surface area (Å²) in [7, 11) is 0. The third kappa shape index (κ3) is 2.70. The molecule has 0 aromatic heterocycles. The van der Waals surface area contributed by atoms with Gasteiger partial charge in [-0.25, -0.2) is 4.39 Å². The van der Waals surface area contributed by atoms with Crippen LogP contribution in [-0.2, 0) is 6.54 Å². The zero-order valence-corrected chi connectivity index (χ0v) is 10.4. The third-order valence-corrected chi connectivity index (χ3v) is 3.02. The summed E-state index contributed by atoms with van der Waals surface area (Å²) in [4.78, 5) is 0. The highest BCUT2D eigenvalue weighted by Crippen LogP contribution is 2.26. The Bertz CT molecular complexity index is 542. The molecule has 2 rings (SSSR count). The molecule has 0 aliphatic rings. The van der Waals surface area contributed by atoms with Gasteiger partial charge in [-0.1, -0.05) is 35.9 Å². The number of benzene rings is 2. The maximum atomic E-state index is 13.6. The molecule has 2 aromatic rings. The number of hydrogen-bond donors (Lipinski definition) is 2. The lowest BCUT2D eigenvalue weighted by atomic mass is 10.00. The van der Waals surface area contributed by atoms with Gasteiger partial charge in [0.15, 0.2) is 0 Å². The lowest BCUT2D eigenvalue weighted by molar-refractivity contribution is 0.215. The molecule has 0 aliphatic carbocycles. The van der Waals surface area contributed by atoms with E-state index >= 15 is 0 Å². The van der Waals surface area contributed by atoms with E-state index in [4.69, 9.17) is 17.3 Å². The summed E-state index contributed by atoms with van der Waals surface area (Å²) >= 11 is 5.80. The Hall–Kier alpha value is -1.42. The van der Waals surface area contributed by atoms with E-state index in [0.717, 1.165) is 5.56 Å². The van der Waals surface area contributed by atoms with Crippen molar-refractivity contribution >= 4 is 11.6 Å². The van der Waals surface area contributed by atoms with Crippen molar-refractivity contribution < 1.29 is 9.50 Å². The van der Waals surface area contributed by atoms with Gasteiger partial charge in [0.25, 0.3) is 0 Å². The monoisotopic (exact) mass is 265 g/mol.